The average molecular weight is 248 g/mol. The minimum atomic E-state index is -0.206. The number of phenolic OH excluding ortho intramolecular Hbond substituents is 4. The second-order valence-corrected chi connectivity index (χ2v) is 4.74. The number of hydrogen-bond donors (Lipinski definition) is 4. The third kappa shape index (κ3) is 1.23. The van der Waals surface area contributed by atoms with Crippen LogP contribution in [0.15, 0.2) is 24.3 Å². The highest BCUT2D eigenvalue weighted by molar-refractivity contribution is 7.26. The molecule has 5 heteroatoms. The van der Waals surface area contributed by atoms with Gasteiger partial charge in [0.05, 0.1) is 9.40 Å². The van der Waals surface area contributed by atoms with Gasteiger partial charge in [-0.25, -0.2) is 0 Å². The Morgan fingerprint density at radius 3 is 1.47 bits per heavy atom. The van der Waals surface area contributed by atoms with Crippen LogP contribution in [0.5, 0.6) is 23.0 Å². The molecule has 0 aliphatic heterocycles. The van der Waals surface area contributed by atoms with E-state index in [0.29, 0.717) is 9.40 Å². The lowest BCUT2D eigenvalue weighted by molar-refractivity contribution is 0.408. The van der Waals surface area contributed by atoms with Gasteiger partial charge in [0, 0.05) is 10.8 Å². The van der Waals surface area contributed by atoms with Gasteiger partial charge >= 0.3 is 0 Å². The Hall–Kier alpha value is -2.14. The summed E-state index contributed by atoms with van der Waals surface area (Å²) < 4.78 is 0.974. The van der Waals surface area contributed by atoms with E-state index in [1.165, 1.54) is 12.1 Å². The number of fused-ring (bicyclic) bond motifs is 3. The second kappa shape index (κ2) is 3.18. The van der Waals surface area contributed by atoms with Gasteiger partial charge in [0.1, 0.15) is 0 Å². The van der Waals surface area contributed by atoms with E-state index in [9.17, 15) is 20.4 Å². The van der Waals surface area contributed by atoms with Crippen LogP contribution >= 0.6 is 11.3 Å². The molecule has 0 saturated heterocycles. The van der Waals surface area contributed by atoms with Gasteiger partial charge in [0.15, 0.2) is 23.0 Å². The first-order valence-corrected chi connectivity index (χ1v) is 5.69. The van der Waals surface area contributed by atoms with Gasteiger partial charge in [0.25, 0.3) is 0 Å². The topological polar surface area (TPSA) is 80.9 Å². The number of thiophene rings is 1. The number of rotatable bonds is 0. The average Bonchev–Trinajstić information content (AvgIpc) is 2.69. The second-order valence-electron chi connectivity index (χ2n) is 3.72. The summed E-state index contributed by atoms with van der Waals surface area (Å²) >= 11 is 1.12. The summed E-state index contributed by atoms with van der Waals surface area (Å²) in [6, 6.07) is 6.13. The van der Waals surface area contributed by atoms with Crippen molar-refractivity contribution in [1.82, 2.24) is 0 Å². The fourth-order valence-electron chi connectivity index (χ4n) is 1.85. The van der Waals surface area contributed by atoms with E-state index in [0.717, 1.165) is 22.1 Å². The maximum absolute atomic E-state index is 9.74. The van der Waals surface area contributed by atoms with Gasteiger partial charge in [-0.05, 0) is 24.3 Å². The van der Waals surface area contributed by atoms with E-state index >= 15 is 0 Å². The maximum Gasteiger partial charge on any atom is 0.175 e. The van der Waals surface area contributed by atoms with E-state index in [4.69, 9.17) is 0 Å². The van der Waals surface area contributed by atoms with Gasteiger partial charge in [-0.1, -0.05) is 0 Å². The Balaban J connectivity index is 2.58. The van der Waals surface area contributed by atoms with Crippen molar-refractivity contribution in [2.45, 2.75) is 0 Å². The van der Waals surface area contributed by atoms with E-state index in [1.54, 1.807) is 12.1 Å². The molecule has 2 aromatic carbocycles. The molecule has 0 atom stereocenters. The lowest BCUT2D eigenvalue weighted by atomic mass is 10.1. The highest BCUT2D eigenvalue weighted by Crippen LogP contribution is 2.47. The molecule has 0 aliphatic carbocycles. The molecule has 1 aromatic heterocycles. The smallest absolute Gasteiger partial charge is 0.175 e. The summed E-state index contributed by atoms with van der Waals surface area (Å²) in [5.74, 6) is -0.814. The predicted octanol–water partition coefficient (Wildman–Crippen LogP) is 2.88. The molecular weight excluding hydrogens is 240 g/mol. The first kappa shape index (κ1) is 10.0. The lowest BCUT2D eigenvalue weighted by Crippen LogP contribution is -1.70. The molecule has 3 rings (SSSR count). The quantitative estimate of drug-likeness (QED) is 0.461. The summed E-state index contributed by atoms with van der Waals surface area (Å²) in [7, 11) is 0. The van der Waals surface area contributed by atoms with Crippen molar-refractivity contribution in [2.75, 3.05) is 0 Å². The molecule has 0 fully saturated rings. The van der Waals surface area contributed by atoms with Gasteiger partial charge in [-0.3, -0.25) is 0 Å². The molecule has 1 heterocycles. The highest BCUT2D eigenvalue weighted by atomic mass is 32.1. The molecular formula is C12H8O4S. The van der Waals surface area contributed by atoms with Crippen LogP contribution in [0.25, 0.3) is 20.2 Å². The molecule has 17 heavy (non-hydrogen) atoms. The van der Waals surface area contributed by atoms with Crippen LogP contribution in [-0.4, -0.2) is 20.4 Å². The van der Waals surface area contributed by atoms with Crippen molar-refractivity contribution in [1.29, 1.82) is 0 Å². The summed E-state index contributed by atoms with van der Waals surface area (Å²) in [4.78, 5) is 0. The van der Waals surface area contributed by atoms with Gasteiger partial charge in [-0.15, -0.1) is 11.3 Å². The molecule has 0 radical (unpaired) electrons. The third-order valence-corrected chi connectivity index (χ3v) is 3.95. The zero-order valence-electron chi connectivity index (χ0n) is 8.51. The Morgan fingerprint density at radius 2 is 1.06 bits per heavy atom. The maximum atomic E-state index is 9.74. The van der Waals surface area contributed by atoms with Crippen LogP contribution < -0.4 is 0 Å². The molecule has 3 aromatic rings. The van der Waals surface area contributed by atoms with Crippen molar-refractivity contribution in [2.24, 2.45) is 0 Å². The normalized spacial score (nSPS) is 11.3. The molecule has 0 saturated carbocycles. The van der Waals surface area contributed by atoms with Crippen LogP contribution in [0.3, 0.4) is 0 Å². The van der Waals surface area contributed by atoms with Crippen molar-refractivity contribution in [3.05, 3.63) is 24.3 Å². The Bertz CT molecular complexity index is 683. The number of hydrogen-bond acceptors (Lipinski definition) is 5. The standard InChI is InChI=1S/C12H8O4S/c13-7-3-1-5-6-2-4-8(14)10(16)12(6)17-11(5)9(7)15/h1-4,13-16H. The summed E-state index contributed by atoms with van der Waals surface area (Å²) in [5, 5.41) is 39.8. The summed E-state index contributed by atoms with van der Waals surface area (Å²) in [6.07, 6.45) is 0. The van der Waals surface area contributed by atoms with Gasteiger partial charge in [-0.2, -0.15) is 0 Å². The highest BCUT2D eigenvalue weighted by Gasteiger charge is 2.15. The van der Waals surface area contributed by atoms with Gasteiger partial charge < -0.3 is 20.4 Å². The third-order valence-electron chi connectivity index (χ3n) is 2.71. The Kier molecular flexibility index (Phi) is 1.88. The fraction of sp³-hybridized carbons (Fsp3) is 0. The molecule has 0 unspecified atom stereocenters. The van der Waals surface area contributed by atoms with Crippen LogP contribution in [0.1, 0.15) is 0 Å². The Labute approximate surface area is 99.6 Å². The van der Waals surface area contributed by atoms with Crippen LogP contribution in [0.2, 0.25) is 0 Å². The van der Waals surface area contributed by atoms with Crippen molar-refractivity contribution < 1.29 is 20.4 Å². The largest absolute Gasteiger partial charge is 0.504 e. The summed E-state index contributed by atoms with van der Waals surface area (Å²) in [5.41, 5.74) is 0. The van der Waals surface area contributed by atoms with E-state index < -0.39 is 0 Å². The molecule has 0 aliphatic rings. The van der Waals surface area contributed by atoms with Crippen molar-refractivity contribution in [3.63, 3.8) is 0 Å². The first-order valence-electron chi connectivity index (χ1n) is 4.87. The molecule has 4 nitrogen and oxygen atoms in total. The van der Waals surface area contributed by atoms with Gasteiger partial charge in [0.2, 0.25) is 0 Å². The minimum Gasteiger partial charge on any atom is -0.504 e. The van der Waals surface area contributed by atoms with E-state index in [1.807, 2.05) is 0 Å². The fourth-order valence-corrected chi connectivity index (χ4v) is 3.04. The number of phenols is 4. The Morgan fingerprint density at radius 1 is 0.647 bits per heavy atom. The minimum absolute atomic E-state index is 0.201. The van der Waals surface area contributed by atoms with Crippen LogP contribution in [0.4, 0.5) is 0 Å². The summed E-state index contributed by atoms with van der Waals surface area (Å²) in [6.45, 7) is 0. The SMILES string of the molecule is Oc1ccc2c(sc3c(O)c(O)ccc32)c1O. The molecule has 86 valence electrons. The molecule has 0 bridgehead atoms. The lowest BCUT2D eigenvalue weighted by Gasteiger charge is -1.98. The zero-order chi connectivity index (χ0) is 12.2. The molecule has 0 spiro atoms. The monoisotopic (exact) mass is 248 g/mol. The zero-order valence-corrected chi connectivity index (χ0v) is 9.32. The van der Waals surface area contributed by atoms with Crippen molar-refractivity contribution >= 4 is 31.5 Å². The van der Waals surface area contributed by atoms with E-state index in [2.05, 4.69) is 0 Å². The van der Waals surface area contributed by atoms with E-state index in [-0.39, 0.29) is 23.0 Å². The van der Waals surface area contributed by atoms with Crippen molar-refractivity contribution in [3.8, 4) is 23.0 Å². The number of aromatic hydroxyl groups is 4. The van der Waals surface area contributed by atoms with Crippen LogP contribution in [-0.2, 0) is 0 Å². The molecule has 4 N–H and O–H groups in total. The number of benzene rings is 2. The predicted molar refractivity (Wildman–Crippen MR) is 66.0 cm³/mol. The molecule has 0 amide bonds. The van der Waals surface area contributed by atoms with Crippen LogP contribution in [0, 0.1) is 0 Å². The first-order chi connectivity index (χ1) is 8.09.